The van der Waals surface area contributed by atoms with Crippen LogP contribution >= 0.6 is 11.3 Å². The number of aromatic nitrogens is 1. The third-order valence-corrected chi connectivity index (χ3v) is 7.61. The average molecular weight is 580 g/mol. The van der Waals surface area contributed by atoms with Crippen molar-refractivity contribution < 1.29 is 33.3 Å². The van der Waals surface area contributed by atoms with Gasteiger partial charge in [-0.05, 0) is 68.9 Å². The van der Waals surface area contributed by atoms with E-state index in [0.29, 0.717) is 60.7 Å². The minimum Gasteiger partial charge on any atom is -0.496 e. The van der Waals surface area contributed by atoms with Gasteiger partial charge in [-0.3, -0.25) is 15.0 Å². The molecule has 0 aliphatic heterocycles. The summed E-state index contributed by atoms with van der Waals surface area (Å²) in [5, 5.41) is 4.94. The molecule has 1 aliphatic carbocycles. The predicted molar refractivity (Wildman–Crippen MR) is 156 cm³/mol. The Morgan fingerprint density at radius 3 is 2.44 bits per heavy atom. The van der Waals surface area contributed by atoms with Crippen LogP contribution in [-0.4, -0.2) is 49.4 Å². The first-order valence-corrected chi connectivity index (χ1v) is 14.3. The molecule has 41 heavy (non-hydrogen) atoms. The van der Waals surface area contributed by atoms with Gasteiger partial charge in [0.1, 0.15) is 11.5 Å². The fourth-order valence-electron chi connectivity index (χ4n) is 4.44. The van der Waals surface area contributed by atoms with Gasteiger partial charge in [-0.15, -0.1) is 0 Å². The number of hydrogen-bond donors (Lipinski definition) is 1. The van der Waals surface area contributed by atoms with E-state index in [9.17, 15) is 14.4 Å². The van der Waals surface area contributed by atoms with Gasteiger partial charge >= 0.3 is 17.9 Å². The summed E-state index contributed by atoms with van der Waals surface area (Å²) in [5.74, 6) is -0.603. The standard InChI is InChI=1S/C30H33N3O7S/c1-3-27(34)38-16-6-7-17-39-28(35)20-10-12-21(13-11-20)29(36)40-23-14-15-25(37-2)22(18-23)19-31-33-30-32-24-8-4-5-9-26(24)41-30/h3-5,8-9,14-15,18-21H,1,6-7,10-13,16-17H2,2H3,(H,32,33)/b31-19+. The summed E-state index contributed by atoms with van der Waals surface area (Å²) in [6.07, 6.45) is 6.13. The Labute approximate surface area is 242 Å². The summed E-state index contributed by atoms with van der Waals surface area (Å²) in [6.45, 7) is 3.87. The summed E-state index contributed by atoms with van der Waals surface area (Å²) in [7, 11) is 1.56. The highest BCUT2D eigenvalue weighted by molar-refractivity contribution is 7.22. The zero-order valence-electron chi connectivity index (χ0n) is 22.9. The van der Waals surface area contributed by atoms with Crippen molar-refractivity contribution in [2.45, 2.75) is 38.5 Å². The molecule has 0 amide bonds. The van der Waals surface area contributed by atoms with Crippen molar-refractivity contribution in [2.75, 3.05) is 25.7 Å². The number of methoxy groups -OCH3 is 1. The molecule has 0 bridgehead atoms. The first-order chi connectivity index (χ1) is 20.0. The number of carbonyl (C=O) groups is 3. The molecule has 4 rings (SSSR count). The number of hydrogen-bond acceptors (Lipinski definition) is 11. The molecule has 1 aliphatic rings. The number of anilines is 1. The first-order valence-electron chi connectivity index (χ1n) is 13.5. The smallest absolute Gasteiger partial charge is 0.330 e. The van der Waals surface area contributed by atoms with E-state index in [-0.39, 0.29) is 37.0 Å². The van der Waals surface area contributed by atoms with Crippen molar-refractivity contribution in [3.8, 4) is 11.5 Å². The Morgan fingerprint density at radius 2 is 1.73 bits per heavy atom. The van der Waals surface area contributed by atoms with E-state index in [1.165, 1.54) is 11.3 Å². The van der Waals surface area contributed by atoms with E-state index in [1.54, 1.807) is 31.5 Å². The van der Waals surface area contributed by atoms with Gasteiger partial charge in [0.2, 0.25) is 5.13 Å². The Morgan fingerprint density at radius 1 is 1.02 bits per heavy atom. The molecule has 1 N–H and O–H groups in total. The van der Waals surface area contributed by atoms with E-state index in [1.807, 2.05) is 24.3 Å². The average Bonchev–Trinajstić information content (AvgIpc) is 3.41. The highest BCUT2D eigenvalue weighted by atomic mass is 32.1. The van der Waals surface area contributed by atoms with Crippen LogP contribution < -0.4 is 14.9 Å². The number of nitrogens with zero attached hydrogens (tertiary/aromatic N) is 2. The van der Waals surface area contributed by atoms with E-state index in [4.69, 9.17) is 18.9 Å². The molecule has 11 heteroatoms. The molecule has 1 saturated carbocycles. The molecule has 1 aromatic heterocycles. The van der Waals surface area contributed by atoms with Crippen LogP contribution in [0.1, 0.15) is 44.1 Å². The topological polar surface area (TPSA) is 125 Å². The minimum atomic E-state index is -0.465. The number of nitrogens with one attached hydrogen (secondary N) is 1. The second kappa shape index (κ2) is 14.9. The number of para-hydroxylation sites is 1. The van der Waals surface area contributed by atoms with Crippen molar-refractivity contribution in [2.24, 2.45) is 16.9 Å². The van der Waals surface area contributed by atoms with Crippen LogP contribution in [0.2, 0.25) is 0 Å². The van der Waals surface area contributed by atoms with E-state index < -0.39 is 5.97 Å². The Kier molecular flexibility index (Phi) is 10.8. The van der Waals surface area contributed by atoms with Crippen molar-refractivity contribution in [3.63, 3.8) is 0 Å². The largest absolute Gasteiger partial charge is 0.496 e. The lowest BCUT2D eigenvalue weighted by Gasteiger charge is -2.26. The quantitative estimate of drug-likeness (QED) is 0.0696. The number of thiazole rings is 1. The molecule has 10 nitrogen and oxygen atoms in total. The van der Waals surface area contributed by atoms with Gasteiger partial charge in [0.05, 0.1) is 48.6 Å². The second-order valence-corrected chi connectivity index (χ2v) is 10.5. The molecular formula is C30H33N3O7S. The highest BCUT2D eigenvalue weighted by Crippen LogP contribution is 2.32. The molecular weight excluding hydrogens is 546 g/mol. The molecule has 0 saturated heterocycles. The Hall–Kier alpha value is -4.25. The van der Waals surface area contributed by atoms with Crippen LogP contribution in [0, 0.1) is 11.8 Å². The Bertz CT molecular complexity index is 1360. The molecule has 0 spiro atoms. The van der Waals surface area contributed by atoms with Crippen molar-refractivity contribution in [3.05, 3.63) is 60.7 Å². The predicted octanol–water partition coefficient (Wildman–Crippen LogP) is 5.52. The summed E-state index contributed by atoms with van der Waals surface area (Å²) in [6, 6.07) is 12.9. The number of rotatable bonds is 13. The first kappa shape index (κ1) is 29.7. The number of unbranched alkanes of at least 4 members (excludes halogenated alkanes) is 1. The lowest BCUT2D eigenvalue weighted by molar-refractivity contribution is -0.152. The molecule has 216 valence electrons. The van der Waals surface area contributed by atoms with Crippen molar-refractivity contribution >= 4 is 50.8 Å². The normalized spacial score (nSPS) is 16.7. The maximum atomic E-state index is 12.9. The number of esters is 3. The fraction of sp³-hybridized carbons (Fsp3) is 0.367. The monoisotopic (exact) mass is 579 g/mol. The molecule has 2 aromatic carbocycles. The summed E-state index contributed by atoms with van der Waals surface area (Å²) < 4.78 is 22.4. The summed E-state index contributed by atoms with van der Waals surface area (Å²) in [4.78, 5) is 40.8. The number of fused-ring (bicyclic) bond motifs is 1. The maximum absolute atomic E-state index is 12.9. The van der Waals surface area contributed by atoms with E-state index >= 15 is 0 Å². The van der Waals surface area contributed by atoms with Gasteiger partial charge < -0.3 is 18.9 Å². The van der Waals surface area contributed by atoms with Crippen LogP contribution in [0.4, 0.5) is 5.13 Å². The van der Waals surface area contributed by atoms with Crippen molar-refractivity contribution in [1.29, 1.82) is 0 Å². The van der Waals surface area contributed by atoms with Crippen molar-refractivity contribution in [1.82, 2.24) is 4.98 Å². The molecule has 1 heterocycles. The van der Waals surface area contributed by atoms with Gasteiger partial charge in [-0.25, -0.2) is 9.78 Å². The molecule has 0 unspecified atom stereocenters. The van der Waals surface area contributed by atoms with Crippen LogP contribution in [-0.2, 0) is 23.9 Å². The van der Waals surface area contributed by atoms with E-state index in [2.05, 4.69) is 22.1 Å². The van der Waals surface area contributed by atoms with Crippen LogP contribution in [0.5, 0.6) is 11.5 Å². The van der Waals surface area contributed by atoms with Gasteiger partial charge in [-0.1, -0.05) is 30.0 Å². The summed E-state index contributed by atoms with van der Waals surface area (Å²) in [5.41, 5.74) is 4.47. The van der Waals surface area contributed by atoms with Crippen LogP contribution in [0.25, 0.3) is 10.2 Å². The lowest BCUT2D eigenvalue weighted by atomic mass is 9.82. The van der Waals surface area contributed by atoms with Gasteiger partial charge in [0, 0.05) is 11.6 Å². The number of ether oxygens (including phenoxy) is 4. The molecule has 0 radical (unpaired) electrons. The minimum absolute atomic E-state index is 0.232. The van der Waals surface area contributed by atoms with Crippen LogP contribution in [0.15, 0.2) is 60.2 Å². The second-order valence-electron chi connectivity index (χ2n) is 9.48. The molecule has 0 atom stereocenters. The zero-order valence-corrected chi connectivity index (χ0v) is 23.7. The number of carbonyl (C=O) groups excluding carboxylic acids is 3. The SMILES string of the molecule is C=CC(=O)OCCCCOC(=O)C1CCC(C(=O)Oc2ccc(OC)c(/C=N/Nc3nc4ccccc4s3)c2)CC1. The highest BCUT2D eigenvalue weighted by Gasteiger charge is 2.32. The van der Waals surface area contributed by atoms with E-state index in [0.717, 1.165) is 16.3 Å². The zero-order chi connectivity index (χ0) is 29.0. The molecule has 1 fully saturated rings. The van der Waals surface area contributed by atoms with Gasteiger partial charge in [0.15, 0.2) is 0 Å². The number of benzene rings is 2. The summed E-state index contributed by atoms with van der Waals surface area (Å²) >= 11 is 1.50. The van der Waals surface area contributed by atoms with Gasteiger partial charge in [0.25, 0.3) is 0 Å². The van der Waals surface area contributed by atoms with Gasteiger partial charge in [-0.2, -0.15) is 5.10 Å². The fourth-order valence-corrected chi connectivity index (χ4v) is 5.26. The third kappa shape index (κ3) is 8.62. The van der Waals surface area contributed by atoms with Crippen LogP contribution in [0.3, 0.4) is 0 Å². The lowest BCUT2D eigenvalue weighted by Crippen LogP contribution is -2.29. The Balaban J connectivity index is 1.22. The third-order valence-electron chi connectivity index (χ3n) is 6.67. The maximum Gasteiger partial charge on any atom is 0.330 e. The molecule has 3 aromatic rings. The number of hydrazone groups is 1.